The van der Waals surface area contributed by atoms with E-state index in [1.54, 1.807) is 12.1 Å². The average Bonchev–Trinajstić information content (AvgIpc) is 3.02. The van der Waals surface area contributed by atoms with Gasteiger partial charge in [0.1, 0.15) is 17.5 Å². The zero-order valence-corrected chi connectivity index (χ0v) is 12.4. The van der Waals surface area contributed by atoms with Gasteiger partial charge < -0.3 is 9.47 Å². The van der Waals surface area contributed by atoms with Gasteiger partial charge in [-0.1, -0.05) is 11.6 Å². The van der Waals surface area contributed by atoms with E-state index in [9.17, 15) is 14.4 Å². The standard InChI is InChI=1S/C17H9ClFNO3/c18-14-6-10(7-15-17(14)23-9-22-15)5-12(8-20)16(21)11-1-3-13(19)4-2-11/h1-7H,9H2/b12-5+. The molecule has 0 saturated heterocycles. The highest BCUT2D eigenvalue weighted by atomic mass is 35.5. The molecule has 0 aliphatic carbocycles. The molecular formula is C17H9ClFNO3. The van der Waals surface area contributed by atoms with Crippen LogP contribution in [0.15, 0.2) is 42.0 Å². The van der Waals surface area contributed by atoms with Crippen molar-refractivity contribution in [2.24, 2.45) is 0 Å². The maximum Gasteiger partial charge on any atom is 0.231 e. The molecule has 0 atom stereocenters. The van der Waals surface area contributed by atoms with Crippen LogP contribution >= 0.6 is 11.6 Å². The van der Waals surface area contributed by atoms with Crippen molar-refractivity contribution in [3.8, 4) is 17.6 Å². The minimum atomic E-state index is -0.499. The quantitative estimate of drug-likeness (QED) is 0.485. The molecule has 2 aromatic rings. The van der Waals surface area contributed by atoms with E-state index in [2.05, 4.69) is 0 Å². The molecule has 114 valence electrons. The summed E-state index contributed by atoms with van der Waals surface area (Å²) in [6.07, 6.45) is 1.40. The van der Waals surface area contributed by atoms with Gasteiger partial charge in [0.05, 0.1) is 5.02 Å². The van der Waals surface area contributed by atoms with E-state index < -0.39 is 11.6 Å². The molecule has 0 radical (unpaired) electrons. The number of ketones is 1. The topological polar surface area (TPSA) is 59.3 Å². The zero-order chi connectivity index (χ0) is 16.4. The Balaban J connectivity index is 1.96. The number of allylic oxidation sites excluding steroid dienone is 1. The summed E-state index contributed by atoms with van der Waals surface area (Å²) >= 11 is 6.07. The molecule has 0 spiro atoms. The van der Waals surface area contributed by atoms with Crippen molar-refractivity contribution in [1.29, 1.82) is 5.26 Å². The lowest BCUT2D eigenvalue weighted by molar-refractivity contribution is 0.104. The predicted molar refractivity (Wildman–Crippen MR) is 81.9 cm³/mol. The number of hydrogen-bond donors (Lipinski definition) is 0. The Labute approximate surface area is 136 Å². The molecule has 0 aromatic heterocycles. The lowest BCUT2D eigenvalue weighted by Crippen LogP contribution is -2.01. The van der Waals surface area contributed by atoms with Crippen LogP contribution < -0.4 is 9.47 Å². The molecule has 4 nitrogen and oxygen atoms in total. The monoisotopic (exact) mass is 329 g/mol. The predicted octanol–water partition coefficient (Wildman–Crippen LogP) is 4.00. The van der Waals surface area contributed by atoms with Gasteiger partial charge in [0.15, 0.2) is 11.5 Å². The number of rotatable bonds is 3. The van der Waals surface area contributed by atoms with Crippen LogP contribution in [0.3, 0.4) is 0 Å². The Morgan fingerprint density at radius 2 is 2.00 bits per heavy atom. The number of nitriles is 1. The summed E-state index contributed by atoms with van der Waals surface area (Å²) in [7, 11) is 0. The molecule has 0 bridgehead atoms. The third kappa shape index (κ3) is 3.03. The molecule has 0 unspecified atom stereocenters. The number of hydrogen-bond acceptors (Lipinski definition) is 4. The van der Waals surface area contributed by atoms with Gasteiger partial charge in [-0.05, 0) is 48.0 Å². The van der Waals surface area contributed by atoms with Crippen molar-refractivity contribution in [1.82, 2.24) is 0 Å². The molecule has 0 amide bonds. The Bertz CT molecular complexity index is 853. The molecular weight excluding hydrogens is 321 g/mol. The fourth-order valence-corrected chi connectivity index (χ4v) is 2.42. The molecule has 1 aliphatic heterocycles. The lowest BCUT2D eigenvalue weighted by Gasteiger charge is -2.03. The third-order valence-electron chi connectivity index (χ3n) is 3.23. The molecule has 1 heterocycles. The molecule has 0 N–H and O–H groups in total. The first kappa shape index (κ1) is 15.1. The molecule has 2 aromatic carbocycles. The number of carbonyl (C=O) groups is 1. The highest BCUT2D eigenvalue weighted by Crippen LogP contribution is 2.40. The third-order valence-corrected chi connectivity index (χ3v) is 3.51. The van der Waals surface area contributed by atoms with Crippen molar-refractivity contribution >= 4 is 23.5 Å². The highest BCUT2D eigenvalue weighted by molar-refractivity contribution is 6.32. The van der Waals surface area contributed by atoms with Gasteiger partial charge in [-0.15, -0.1) is 0 Å². The van der Waals surface area contributed by atoms with E-state index in [1.807, 2.05) is 6.07 Å². The second-order valence-electron chi connectivity index (χ2n) is 4.74. The Morgan fingerprint density at radius 1 is 1.26 bits per heavy atom. The zero-order valence-electron chi connectivity index (χ0n) is 11.7. The van der Waals surface area contributed by atoms with E-state index in [4.69, 9.17) is 21.1 Å². The summed E-state index contributed by atoms with van der Waals surface area (Å²) in [6.45, 7) is 0.0713. The largest absolute Gasteiger partial charge is 0.454 e. The van der Waals surface area contributed by atoms with Gasteiger partial charge in [-0.2, -0.15) is 5.26 Å². The molecule has 23 heavy (non-hydrogen) atoms. The van der Waals surface area contributed by atoms with Gasteiger partial charge in [0.25, 0.3) is 0 Å². The maximum atomic E-state index is 12.9. The smallest absolute Gasteiger partial charge is 0.231 e. The number of fused-ring (bicyclic) bond motifs is 1. The maximum absolute atomic E-state index is 12.9. The van der Waals surface area contributed by atoms with Gasteiger partial charge in [-0.25, -0.2) is 4.39 Å². The SMILES string of the molecule is N#C/C(=C\c1cc(Cl)c2c(c1)OCO2)C(=O)c1ccc(F)cc1. The van der Waals surface area contributed by atoms with Gasteiger partial charge >= 0.3 is 0 Å². The first-order chi connectivity index (χ1) is 11.1. The lowest BCUT2D eigenvalue weighted by atomic mass is 10.0. The van der Waals surface area contributed by atoms with E-state index in [-0.39, 0.29) is 17.9 Å². The van der Waals surface area contributed by atoms with Crippen LogP contribution in [-0.2, 0) is 0 Å². The Hall–Kier alpha value is -2.84. The summed E-state index contributed by atoms with van der Waals surface area (Å²) in [5, 5.41) is 9.57. The minimum Gasteiger partial charge on any atom is -0.454 e. The van der Waals surface area contributed by atoms with Crippen LogP contribution in [0.1, 0.15) is 15.9 Å². The number of ether oxygens (including phenoxy) is 2. The molecule has 0 fully saturated rings. The van der Waals surface area contributed by atoms with E-state index in [0.717, 1.165) is 0 Å². The van der Waals surface area contributed by atoms with Crippen LogP contribution in [0.2, 0.25) is 5.02 Å². The number of benzene rings is 2. The van der Waals surface area contributed by atoms with Gasteiger partial charge in [-0.3, -0.25) is 4.79 Å². The molecule has 1 aliphatic rings. The van der Waals surface area contributed by atoms with Crippen LogP contribution in [0, 0.1) is 17.1 Å². The fourth-order valence-electron chi connectivity index (χ4n) is 2.14. The van der Waals surface area contributed by atoms with Crippen LogP contribution in [0.4, 0.5) is 4.39 Å². The molecule has 3 rings (SSSR count). The van der Waals surface area contributed by atoms with Crippen molar-refractivity contribution < 1.29 is 18.7 Å². The first-order valence-electron chi connectivity index (χ1n) is 6.59. The van der Waals surface area contributed by atoms with Gasteiger partial charge in [0.2, 0.25) is 12.6 Å². The first-order valence-corrected chi connectivity index (χ1v) is 6.97. The summed E-state index contributed by atoms with van der Waals surface area (Å²) in [4.78, 5) is 12.3. The van der Waals surface area contributed by atoms with Crippen molar-refractivity contribution in [3.05, 3.63) is 63.9 Å². The van der Waals surface area contributed by atoms with Crippen molar-refractivity contribution in [2.75, 3.05) is 6.79 Å². The van der Waals surface area contributed by atoms with Gasteiger partial charge in [0, 0.05) is 5.56 Å². The van der Waals surface area contributed by atoms with E-state index in [0.29, 0.717) is 22.1 Å². The molecule has 0 saturated carbocycles. The fraction of sp³-hybridized carbons (Fsp3) is 0.0588. The normalized spacial score (nSPS) is 12.8. The second-order valence-corrected chi connectivity index (χ2v) is 5.15. The number of nitrogens with zero attached hydrogens (tertiary/aromatic N) is 1. The number of halogens is 2. The summed E-state index contributed by atoms with van der Waals surface area (Å²) < 4.78 is 23.4. The number of carbonyl (C=O) groups excluding carboxylic acids is 1. The van der Waals surface area contributed by atoms with Crippen molar-refractivity contribution in [2.45, 2.75) is 0 Å². The van der Waals surface area contributed by atoms with Crippen molar-refractivity contribution in [3.63, 3.8) is 0 Å². The summed E-state index contributed by atoms with van der Waals surface area (Å²) in [6, 6.07) is 10.0. The number of Topliss-reactive ketones (excluding diaryl/α,β-unsaturated/α-hetero) is 1. The van der Waals surface area contributed by atoms with E-state index >= 15 is 0 Å². The highest BCUT2D eigenvalue weighted by Gasteiger charge is 2.19. The second kappa shape index (κ2) is 6.11. The Kier molecular flexibility index (Phi) is 4.00. The summed E-state index contributed by atoms with van der Waals surface area (Å²) in [5.41, 5.74) is 0.670. The average molecular weight is 330 g/mol. The van der Waals surface area contributed by atoms with Crippen LogP contribution in [0.5, 0.6) is 11.5 Å². The van der Waals surface area contributed by atoms with Crippen LogP contribution in [-0.4, -0.2) is 12.6 Å². The van der Waals surface area contributed by atoms with E-state index in [1.165, 1.54) is 30.3 Å². The van der Waals surface area contributed by atoms with Crippen LogP contribution in [0.25, 0.3) is 6.08 Å². The summed E-state index contributed by atoms with van der Waals surface area (Å²) in [5.74, 6) is -0.0599. The Morgan fingerprint density at radius 3 is 2.70 bits per heavy atom. The molecule has 6 heteroatoms. The minimum absolute atomic E-state index is 0.0713.